The summed E-state index contributed by atoms with van der Waals surface area (Å²) in [6.07, 6.45) is 1.55. The van der Waals surface area contributed by atoms with E-state index in [-0.39, 0.29) is 11.3 Å². The van der Waals surface area contributed by atoms with Gasteiger partial charge in [-0.1, -0.05) is 0 Å². The molecule has 0 aliphatic heterocycles. The van der Waals surface area contributed by atoms with Crippen LogP contribution in [0.4, 0.5) is 10.6 Å². The van der Waals surface area contributed by atoms with Crippen molar-refractivity contribution < 1.29 is 9.90 Å². The summed E-state index contributed by atoms with van der Waals surface area (Å²) in [6, 6.07) is 1.24. The molecule has 0 bridgehead atoms. The summed E-state index contributed by atoms with van der Waals surface area (Å²) in [7, 11) is 1.64. The molecule has 0 unspecified atom stereocenters. The monoisotopic (exact) mass is 258 g/mol. The Hall–Kier alpha value is -1.40. The molecule has 2 N–H and O–H groups in total. The minimum Gasteiger partial charge on any atom is -0.393 e. The summed E-state index contributed by atoms with van der Waals surface area (Å²) in [6.45, 7) is 2.14. The third kappa shape index (κ3) is 4.97. The predicted octanol–water partition coefficient (Wildman–Crippen LogP) is 1.36. The summed E-state index contributed by atoms with van der Waals surface area (Å²) in [5.74, 6) is 0.346. The Labute approximate surface area is 105 Å². The van der Waals surface area contributed by atoms with Crippen LogP contribution < -0.4 is 5.32 Å². The van der Waals surface area contributed by atoms with Crippen molar-refractivity contribution in [2.45, 2.75) is 19.4 Å². The number of amides is 2. The fourth-order valence-electron chi connectivity index (χ4n) is 1.09. The Bertz CT molecular complexity index is 386. The molecule has 0 aliphatic rings. The zero-order valence-electron chi connectivity index (χ0n) is 9.72. The van der Waals surface area contributed by atoms with E-state index in [1.54, 1.807) is 20.0 Å². The van der Waals surface area contributed by atoms with Crippen molar-refractivity contribution in [1.82, 2.24) is 14.9 Å². The lowest BCUT2D eigenvalue weighted by Gasteiger charge is -2.18. The number of aliphatic hydroxyl groups excluding tert-OH is 1. The van der Waals surface area contributed by atoms with E-state index in [0.717, 1.165) is 0 Å². The minimum absolute atomic E-state index is 0.0782. The first-order chi connectivity index (χ1) is 7.99. The Morgan fingerprint density at radius 2 is 2.41 bits per heavy atom. The van der Waals surface area contributed by atoms with Gasteiger partial charge in [0, 0.05) is 19.8 Å². The molecule has 0 fully saturated rings. The van der Waals surface area contributed by atoms with Gasteiger partial charge in [-0.2, -0.15) is 0 Å². The second-order valence-electron chi connectivity index (χ2n) is 3.70. The van der Waals surface area contributed by atoms with Crippen LogP contribution in [0.1, 0.15) is 13.3 Å². The normalized spacial score (nSPS) is 12.0. The zero-order chi connectivity index (χ0) is 12.8. The van der Waals surface area contributed by atoms with Gasteiger partial charge in [-0.3, -0.25) is 5.32 Å². The zero-order valence-corrected chi connectivity index (χ0v) is 10.5. The number of nitrogens with one attached hydrogen (secondary N) is 1. The summed E-state index contributed by atoms with van der Waals surface area (Å²) in [4.78, 5) is 20.7. The molecule has 94 valence electrons. The van der Waals surface area contributed by atoms with Gasteiger partial charge >= 0.3 is 6.03 Å². The van der Waals surface area contributed by atoms with E-state index in [4.69, 9.17) is 16.7 Å². The quantitative estimate of drug-likeness (QED) is 0.800. The van der Waals surface area contributed by atoms with Crippen LogP contribution >= 0.6 is 11.6 Å². The highest BCUT2D eigenvalue weighted by Gasteiger charge is 2.10. The second-order valence-corrected chi connectivity index (χ2v) is 4.04. The number of carbonyl (C=O) groups excluding carboxylic acids is 1. The SMILES string of the molecule is C[C@@H](O)CCN(C)C(=O)Nc1ccnc(Cl)n1. The Kier molecular flexibility index (Phi) is 5.11. The van der Waals surface area contributed by atoms with Gasteiger partial charge in [-0.05, 0) is 31.0 Å². The first-order valence-corrected chi connectivity index (χ1v) is 5.55. The highest BCUT2D eigenvalue weighted by Crippen LogP contribution is 2.06. The summed E-state index contributed by atoms with van der Waals surface area (Å²) >= 11 is 5.59. The maximum Gasteiger partial charge on any atom is 0.322 e. The summed E-state index contributed by atoms with van der Waals surface area (Å²) < 4.78 is 0. The number of carbonyl (C=O) groups is 1. The van der Waals surface area contributed by atoms with Crippen molar-refractivity contribution in [2.24, 2.45) is 0 Å². The number of hydrogen-bond donors (Lipinski definition) is 2. The van der Waals surface area contributed by atoms with Crippen LogP contribution in [-0.2, 0) is 0 Å². The molecule has 17 heavy (non-hydrogen) atoms. The first-order valence-electron chi connectivity index (χ1n) is 5.17. The molecule has 0 radical (unpaired) electrons. The Balaban J connectivity index is 2.48. The lowest BCUT2D eigenvalue weighted by Crippen LogP contribution is -2.33. The van der Waals surface area contributed by atoms with Crippen LogP contribution in [0.15, 0.2) is 12.3 Å². The van der Waals surface area contributed by atoms with Crippen molar-refractivity contribution in [1.29, 1.82) is 0 Å². The molecule has 1 aromatic heterocycles. The van der Waals surface area contributed by atoms with Crippen LogP contribution in [-0.4, -0.2) is 45.7 Å². The van der Waals surface area contributed by atoms with E-state index in [9.17, 15) is 4.79 Å². The minimum atomic E-state index is -0.432. The molecule has 2 amide bonds. The average molecular weight is 259 g/mol. The molecule has 0 aromatic carbocycles. The largest absolute Gasteiger partial charge is 0.393 e. The lowest BCUT2D eigenvalue weighted by atomic mass is 10.3. The highest BCUT2D eigenvalue weighted by atomic mass is 35.5. The van der Waals surface area contributed by atoms with Gasteiger partial charge in [-0.25, -0.2) is 14.8 Å². The molecule has 0 aliphatic carbocycles. The fourth-order valence-corrected chi connectivity index (χ4v) is 1.24. The topological polar surface area (TPSA) is 78.4 Å². The summed E-state index contributed by atoms with van der Waals surface area (Å²) in [5, 5.41) is 11.8. The molecule has 0 saturated heterocycles. The maximum absolute atomic E-state index is 11.7. The lowest BCUT2D eigenvalue weighted by molar-refractivity contribution is 0.167. The number of hydrogen-bond acceptors (Lipinski definition) is 4. The van der Waals surface area contributed by atoms with Crippen molar-refractivity contribution in [2.75, 3.05) is 18.9 Å². The standard InChI is InChI=1S/C10H15ClN4O2/c1-7(16)4-6-15(2)10(17)14-8-3-5-12-9(11)13-8/h3,5,7,16H,4,6H2,1-2H3,(H,12,13,14,17)/t7-/m1/s1. The van der Waals surface area contributed by atoms with E-state index in [2.05, 4.69) is 15.3 Å². The van der Waals surface area contributed by atoms with Gasteiger partial charge in [0.15, 0.2) is 0 Å². The summed E-state index contributed by atoms with van der Waals surface area (Å²) in [5.41, 5.74) is 0. The fraction of sp³-hybridized carbons (Fsp3) is 0.500. The smallest absolute Gasteiger partial charge is 0.322 e. The number of aliphatic hydroxyl groups is 1. The van der Waals surface area contributed by atoms with Gasteiger partial charge in [0.1, 0.15) is 5.82 Å². The molecule has 1 rings (SSSR count). The van der Waals surface area contributed by atoms with E-state index in [1.165, 1.54) is 11.1 Å². The van der Waals surface area contributed by atoms with Crippen molar-refractivity contribution in [3.63, 3.8) is 0 Å². The van der Waals surface area contributed by atoms with E-state index < -0.39 is 6.10 Å². The average Bonchev–Trinajstić information content (AvgIpc) is 2.25. The third-order valence-corrected chi connectivity index (χ3v) is 2.27. The number of rotatable bonds is 4. The molecule has 1 heterocycles. The van der Waals surface area contributed by atoms with Crippen LogP contribution in [0.5, 0.6) is 0 Å². The molecule has 1 atom stereocenters. The number of nitrogens with zero attached hydrogens (tertiary/aromatic N) is 3. The second kappa shape index (κ2) is 6.36. The predicted molar refractivity (Wildman–Crippen MR) is 65.0 cm³/mol. The van der Waals surface area contributed by atoms with Crippen molar-refractivity contribution >= 4 is 23.4 Å². The van der Waals surface area contributed by atoms with Gasteiger partial charge in [-0.15, -0.1) is 0 Å². The van der Waals surface area contributed by atoms with Crippen LogP contribution in [0.25, 0.3) is 0 Å². The highest BCUT2D eigenvalue weighted by molar-refractivity contribution is 6.28. The van der Waals surface area contributed by atoms with Crippen LogP contribution in [0, 0.1) is 0 Å². The molecule has 7 heteroatoms. The van der Waals surface area contributed by atoms with Crippen LogP contribution in [0.2, 0.25) is 5.28 Å². The van der Waals surface area contributed by atoms with Crippen molar-refractivity contribution in [3.8, 4) is 0 Å². The first kappa shape index (κ1) is 13.7. The maximum atomic E-state index is 11.7. The third-order valence-electron chi connectivity index (χ3n) is 2.09. The molecule has 6 nitrogen and oxygen atoms in total. The number of urea groups is 1. The van der Waals surface area contributed by atoms with Gasteiger partial charge in [0.05, 0.1) is 6.10 Å². The van der Waals surface area contributed by atoms with Crippen LogP contribution in [0.3, 0.4) is 0 Å². The van der Waals surface area contributed by atoms with Gasteiger partial charge < -0.3 is 10.0 Å². The van der Waals surface area contributed by atoms with Crippen molar-refractivity contribution in [3.05, 3.63) is 17.5 Å². The van der Waals surface area contributed by atoms with E-state index >= 15 is 0 Å². The Morgan fingerprint density at radius 3 is 3.00 bits per heavy atom. The van der Waals surface area contributed by atoms with Gasteiger partial charge in [0.25, 0.3) is 0 Å². The molecule has 1 aromatic rings. The molecule has 0 spiro atoms. The molecule has 0 saturated carbocycles. The number of aromatic nitrogens is 2. The van der Waals surface area contributed by atoms with E-state index in [1.807, 2.05) is 0 Å². The number of anilines is 1. The molecular formula is C10H15ClN4O2. The van der Waals surface area contributed by atoms with E-state index in [0.29, 0.717) is 18.8 Å². The van der Waals surface area contributed by atoms with Gasteiger partial charge in [0.2, 0.25) is 5.28 Å². The Morgan fingerprint density at radius 1 is 1.71 bits per heavy atom. The molecular weight excluding hydrogens is 244 g/mol. The number of halogens is 1.